The summed E-state index contributed by atoms with van der Waals surface area (Å²) in [5.74, 6) is 0. The van der Waals surface area contributed by atoms with Gasteiger partial charge in [-0.05, 0) is 66.1 Å². The van der Waals surface area contributed by atoms with Crippen molar-refractivity contribution in [2.24, 2.45) is 0 Å². The maximum absolute atomic E-state index is 2.50. The van der Waals surface area contributed by atoms with Gasteiger partial charge in [-0.25, -0.2) is 0 Å². The molecule has 0 spiro atoms. The second kappa shape index (κ2) is 11.6. The molecule has 0 aromatic heterocycles. The normalized spacial score (nSPS) is 14.9. The van der Waals surface area contributed by atoms with Gasteiger partial charge in [0, 0.05) is 0 Å². The number of hydrogen-bond donors (Lipinski definition) is 0. The molecule has 3 heteroatoms. The predicted molar refractivity (Wildman–Crippen MR) is 177 cm³/mol. The van der Waals surface area contributed by atoms with Crippen molar-refractivity contribution in [2.45, 2.75) is 174 Å². The third-order valence-corrected chi connectivity index (χ3v) is 18.9. The zero-order valence-electron chi connectivity index (χ0n) is 27.7. The summed E-state index contributed by atoms with van der Waals surface area (Å²) in [4.78, 5) is 0. The van der Waals surface area contributed by atoms with Crippen LogP contribution in [0.15, 0.2) is 18.2 Å². The number of hydrogen-bond acceptors (Lipinski definition) is 0. The van der Waals surface area contributed by atoms with Crippen molar-refractivity contribution in [1.29, 1.82) is 0 Å². The summed E-state index contributed by atoms with van der Waals surface area (Å²) in [6, 6.07) is 7.39. The molecule has 0 aliphatic rings. The summed E-state index contributed by atoms with van der Waals surface area (Å²) >= 11 is 0. The summed E-state index contributed by atoms with van der Waals surface area (Å²) in [6.07, 6.45) is 3.74. The second-order valence-electron chi connectivity index (χ2n) is 16.8. The minimum absolute atomic E-state index is 0.182. The highest BCUT2D eigenvalue weighted by Gasteiger charge is 2.39. The van der Waals surface area contributed by atoms with E-state index in [1.54, 1.807) is 16.7 Å². The van der Waals surface area contributed by atoms with Gasteiger partial charge in [0.1, 0.15) is 0 Å². The van der Waals surface area contributed by atoms with E-state index in [9.17, 15) is 0 Å². The van der Waals surface area contributed by atoms with Crippen molar-refractivity contribution in [3.05, 3.63) is 34.9 Å². The van der Waals surface area contributed by atoms with Gasteiger partial charge in [0.25, 0.3) is 0 Å². The molecule has 210 valence electrons. The lowest BCUT2D eigenvalue weighted by atomic mass is 10.0. The average Bonchev–Trinajstić information content (AvgIpc) is 2.56. The first-order valence-electron chi connectivity index (χ1n) is 14.1. The Hall–Kier alpha value is 0.510. The first-order chi connectivity index (χ1) is 15.7. The van der Waals surface area contributed by atoms with Crippen LogP contribution in [0.1, 0.15) is 141 Å². The first kappa shape index (κ1) is 34.5. The molecule has 0 saturated heterocycles. The summed E-state index contributed by atoms with van der Waals surface area (Å²) in [6.45, 7) is 44.6. The average molecular weight is 553 g/mol. The molecule has 0 unspecified atom stereocenters. The van der Waals surface area contributed by atoms with E-state index < -0.39 is 0 Å². The summed E-state index contributed by atoms with van der Waals surface area (Å²) in [5, 5.41) is 2.00. The van der Waals surface area contributed by atoms with Gasteiger partial charge in [0.15, 0.2) is 0 Å². The van der Waals surface area contributed by atoms with E-state index in [0.717, 1.165) is 0 Å². The fourth-order valence-electron chi connectivity index (χ4n) is 6.13. The number of benzene rings is 1. The van der Waals surface area contributed by atoms with Crippen LogP contribution in [-0.4, -0.2) is 30.9 Å². The van der Waals surface area contributed by atoms with Crippen LogP contribution in [0.2, 0.25) is 0 Å². The van der Waals surface area contributed by atoms with E-state index in [-0.39, 0.29) is 23.8 Å². The molecule has 0 radical (unpaired) electrons. The molecule has 0 atom stereocenters. The van der Waals surface area contributed by atoms with Crippen LogP contribution in [0, 0.1) is 0 Å². The molecule has 0 nitrogen and oxygen atoms in total. The van der Waals surface area contributed by atoms with Crippen molar-refractivity contribution in [3.63, 3.8) is 0 Å². The fraction of sp³-hybridized carbons (Fsp3) is 0.818. The van der Waals surface area contributed by atoms with Crippen molar-refractivity contribution >= 4 is 23.8 Å². The molecule has 0 heterocycles. The molecule has 0 bridgehead atoms. The van der Waals surface area contributed by atoms with Crippen LogP contribution in [0.3, 0.4) is 0 Å². The zero-order chi connectivity index (χ0) is 28.7. The van der Waals surface area contributed by atoms with Crippen LogP contribution < -0.4 is 0 Å². The third-order valence-electron chi connectivity index (χ3n) is 7.20. The SMILES string of the molecule is CC(C)(C)P(Cc1cccc(CP(C(C)(C)C)C(C)(C)C)c1CP(C(C)(C)C)C(C)(C)C)C(C)(C)C. The molecule has 0 aliphatic carbocycles. The Morgan fingerprint density at radius 3 is 0.833 bits per heavy atom. The monoisotopic (exact) mass is 552 g/mol. The van der Waals surface area contributed by atoms with E-state index in [4.69, 9.17) is 0 Å². The topological polar surface area (TPSA) is 0 Å². The quantitative estimate of drug-likeness (QED) is 0.308. The van der Waals surface area contributed by atoms with Gasteiger partial charge in [-0.1, -0.05) is 167 Å². The lowest BCUT2D eigenvalue weighted by molar-refractivity contribution is 0.697. The Bertz CT molecular complexity index is 746. The molecule has 0 aliphatic heterocycles. The highest BCUT2D eigenvalue weighted by Crippen LogP contribution is 2.66. The van der Waals surface area contributed by atoms with Gasteiger partial charge in [-0.2, -0.15) is 0 Å². The lowest BCUT2D eigenvalue weighted by Gasteiger charge is -2.45. The predicted octanol–water partition coefficient (Wildman–Crippen LogP) is 12.4. The maximum Gasteiger partial charge on any atom is -0.00580 e. The standard InChI is InChI=1S/C33H63P3/c1-28(2,3)34(29(4,5)6)22-25-20-19-21-26(23-35(30(7,8)9)31(10,11)12)27(25)24-36(32(13,14)15)33(16,17)18/h19-21H,22-24H2,1-18H3. The zero-order valence-corrected chi connectivity index (χ0v) is 30.4. The van der Waals surface area contributed by atoms with Crippen molar-refractivity contribution < 1.29 is 0 Å². The highest BCUT2D eigenvalue weighted by molar-refractivity contribution is 7.61. The Morgan fingerprint density at radius 1 is 0.389 bits per heavy atom. The Kier molecular flexibility index (Phi) is 11.1. The largest absolute Gasteiger partial charge is 0.0911 e. The van der Waals surface area contributed by atoms with Crippen molar-refractivity contribution in [2.75, 3.05) is 0 Å². The molecule has 1 aromatic carbocycles. The van der Waals surface area contributed by atoms with Crippen LogP contribution in [0.25, 0.3) is 0 Å². The lowest BCUT2D eigenvalue weighted by Crippen LogP contribution is -2.28. The summed E-state index contributed by atoms with van der Waals surface area (Å²) in [7, 11) is -0.563. The molecule has 0 N–H and O–H groups in total. The molecule has 1 aromatic rings. The van der Waals surface area contributed by atoms with Gasteiger partial charge < -0.3 is 0 Å². The Balaban J connectivity index is 3.83. The van der Waals surface area contributed by atoms with Gasteiger partial charge in [-0.3, -0.25) is 0 Å². The van der Waals surface area contributed by atoms with E-state index in [1.165, 1.54) is 18.5 Å². The van der Waals surface area contributed by atoms with Crippen LogP contribution >= 0.6 is 23.8 Å². The molecular weight excluding hydrogens is 489 g/mol. The smallest absolute Gasteiger partial charge is 0.00580 e. The summed E-state index contributed by atoms with van der Waals surface area (Å²) in [5.41, 5.74) is 5.03. The third kappa shape index (κ3) is 9.92. The van der Waals surface area contributed by atoms with Crippen LogP contribution in [0.5, 0.6) is 0 Å². The first-order valence-corrected chi connectivity index (χ1v) is 18.7. The Morgan fingerprint density at radius 2 is 0.611 bits per heavy atom. The van der Waals surface area contributed by atoms with E-state index in [2.05, 4.69) is 143 Å². The highest BCUT2D eigenvalue weighted by atomic mass is 31.1. The molecular formula is C33H63P3. The van der Waals surface area contributed by atoms with E-state index >= 15 is 0 Å². The molecule has 0 saturated carbocycles. The molecule has 36 heavy (non-hydrogen) atoms. The Labute approximate surface area is 232 Å². The van der Waals surface area contributed by atoms with Crippen molar-refractivity contribution in [3.8, 4) is 0 Å². The fourth-order valence-corrected chi connectivity index (χ4v) is 17.0. The minimum Gasteiger partial charge on any atom is -0.0911 e. The van der Waals surface area contributed by atoms with Gasteiger partial charge in [0.2, 0.25) is 0 Å². The number of rotatable bonds is 6. The van der Waals surface area contributed by atoms with E-state index in [1.807, 2.05) is 0 Å². The van der Waals surface area contributed by atoms with Gasteiger partial charge in [0.05, 0.1) is 0 Å². The van der Waals surface area contributed by atoms with E-state index in [0.29, 0.717) is 30.9 Å². The van der Waals surface area contributed by atoms with Gasteiger partial charge >= 0.3 is 0 Å². The second-order valence-corrected chi connectivity index (χ2v) is 28.4. The van der Waals surface area contributed by atoms with Crippen LogP contribution in [-0.2, 0) is 18.5 Å². The minimum atomic E-state index is -0.199. The van der Waals surface area contributed by atoms with Gasteiger partial charge in [-0.15, -0.1) is 0 Å². The molecule has 0 fully saturated rings. The molecule has 0 amide bonds. The summed E-state index contributed by atoms with van der Waals surface area (Å²) < 4.78 is 0. The van der Waals surface area contributed by atoms with Crippen LogP contribution in [0.4, 0.5) is 0 Å². The molecule has 1 rings (SSSR count). The maximum atomic E-state index is 2.50. The van der Waals surface area contributed by atoms with Crippen molar-refractivity contribution in [1.82, 2.24) is 0 Å².